The molecule has 29 heavy (non-hydrogen) atoms. The summed E-state index contributed by atoms with van der Waals surface area (Å²) < 4.78 is 26.7. The van der Waals surface area contributed by atoms with E-state index in [4.69, 9.17) is 0 Å². The van der Waals surface area contributed by atoms with Crippen molar-refractivity contribution in [2.45, 2.75) is 18.2 Å². The molecule has 1 unspecified atom stereocenters. The maximum atomic E-state index is 12.8. The predicted octanol–water partition coefficient (Wildman–Crippen LogP) is 3.00. The first-order valence-electron chi connectivity index (χ1n) is 8.99. The van der Waals surface area contributed by atoms with Crippen LogP contribution in [0.4, 0.5) is 11.4 Å². The fraction of sp³-hybridized carbons (Fsp3) is 0.300. The molecule has 0 spiro atoms. The Balaban J connectivity index is 1.78. The van der Waals surface area contributed by atoms with Gasteiger partial charge in [0.15, 0.2) is 0 Å². The van der Waals surface area contributed by atoms with Crippen molar-refractivity contribution in [1.82, 2.24) is 4.31 Å². The van der Waals surface area contributed by atoms with Gasteiger partial charge in [-0.15, -0.1) is 0 Å². The van der Waals surface area contributed by atoms with E-state index in [0.717, 1.165) is 20.0 Å². The highest BCUT2D eigenvalue weighted by Crippen LogP contribution is 2.29. The zero-order valence-corrected chi connectivity index (χ0v) is 18.7. The van der Waals surface area contributed by atoms with Gasteiger partial charge >= 0.3 is 0 Å². The van der Waals surface area contributed by atoms with E-state index in [2.05, 4.69) is 21.2 Å². The van der Waals surface area contributed by atoms with E-state index in [1.54, 1.807) is 17.9 Å². The van der Waals surface area contributed by atoms with Crippen LogP contribution < -0.4 is 10.2 Å². The number of aryl methyl sites for hydroxylation is 1. The van der Waals surface area contributed by atoms with E-state index in [1.807, 2.05) is 24.3 Å². The van der Waals surface area contributed by atoms with Crippen molar-refractivity contribution in [2.75, 3.05) is 30.9 Å². The molecule has 3 rings (SSSR count). The van der Waals surface area contributed by atoms with Crippen molar-refractivity contribution >= 4 is 49.1 Å². The Labute approximate surface area is 178 Å². The number of rotatable bonds is 5. The molecule has 1 heterocycles. The number of benzene rings is 2. The smallest absolute Gasteiger partial charge is 0.242 e. The number of hydrogen-bond donors (Lipinski definition) is 1. The number of hydrogen-bond acceptors (Lipinski definition) is 4. The summed E-state index contributed by atoms with van der Waals surface area (Å²) in [5.74, 6) is -0.947. The van der Waals surface area contributed by atoms with Gasteiger partial charge in [-0.25, -0.2) is 12.7 Å². The van der Waals surface area contributed by atoms with E-state index < -0.39 is 15.9 Å². The number of anilines is 2. The number of nitrogens with zero attached hydrogens (tertiary/aromatic N) is 2. The lowest BCUT2D eigenvalue weighted by atomic mass is 10.1. The Morgan fingerprint density at radius 1 is 1.21 bits per heavy atom. The second kappa shape index (κ2) is 8.25. The van der Waals surface area contributed by atoms with Gasteiger partial charge in [-0.05, 0) is 42.8 Å². The quantitative estimate of drug-likeness (QED) is 0.713. The van der Waals surface area contributed by atoms with E-state index >= 15 is 0 Å². The summed E-state index contributed by atoms with van der Waals surface area (Å²) in [5.41, 5.74) is 1.89. The molecular formula is C20H22BrN3O4S. The number of nitrogens with one attached hydrogen (secondary N) is 1. The van der Waals surface area contributed by atoms with E-state index in [9.17, 15) is 18.0 Å². The third-order valence-electron chi connectivity index (χ3n) is 4.86. The fourth-order valence-electron chi connectivity index (χ4n) is 3.12. The Hall–Kier alpha value is -2.23. The van der Waals surface area contributed by atoms with Crippen LogP contribution in [0.5, 0.6) is 0 Å². The number of sulfonamides is 1. The van der Waals surface area contributed by atoms with E-state index in [0.29, 0.717) is 5.69 Å². The molecule has 1 aliphatic rings. The van der Waals surface area contributed by atoms with Crippen molar-refractivity contribution in [1.29, 1.82) is 0 Å². The van der Waals surface area contributed by atoms with Gasteiger partial charge in [0.2, 0.25) is 21.8 Å². The Morgan fingerprint density at radius 2 is 1.93 bits per heavy atom. The third kappa shape index (κ3) is 4.52. The van der Waals surface area contributed by atoms with Gasteiger partial charge in [-0.1, -0.05) is 28.1 Å². The van der Waals surface area contributed by atoms with Crippen LogP contribution in [0.15, 0.2) is 51.8 Å². The lowest BCUT2D eigenvalue weighted by Gasteiger charge is -2.18. The molecule has 0 bridgehead atoms. The van der Waals surface area contributed by atoms with Gasteiger partial charge < -0.3 is 10.2 Å². The summed E-state index contributed by atoms with van der Waals surface area (Å²) in [4.78, 5) is 26.9. The molecular weight excluding hydrogens is 458 g/mol. The highest BCUT2D eigenvalue weighted by Gasteiger charge is 2.35. The minimum atomic E-state index is -3.61. The maximum Gasteiger partial charge on any atom is 0.242 e. The predicted molar refractivity (Wildman–Crippen MR) is 115 cm³/mol. The van der Waals surface area contributed by atoms with Crippen molar-refractivity contribution < 1.29 is 18.0 Å². The molecule has 2 aromatic rings. The van der Waals surface area contributed by atoms with Gasteiger partial charge in [0.05, 0.1) is 10.8 Å². The van der Waals surface area contributed by atoms with Crippen LogP contribution in [-0.4, -0.2) is 45.2 Å². The van der Waals surface area contributed by atoms with Gasteiger partial charge in [0.25, 0.3) is 0 Å². The average Bonchev–Trinajstić information content (AvgIpc) is 3.05. The zero-order chi connectivity index (χ0) is 21.3. The molecule has 7 nitrogen and oxygen atoms in total. The van der Waals surface area contributed by atoms with E-state index in [-0.39, 0.29) is 29.7 Å². The molecule has 2 amide bonds. The highest BCUT2D eigenvalue weighted by atomic mass is 79.9. The molecule has 0 aliphatic carbocycles. The first kappa shape index (κ1) is 21.5. The Bertz CT molecular complexity index is 1070. The molecule has 1 aliphatic heterocycles. The minimum absolute atomic E-state index is 0.0988. The lowest BCUT2D eigenvalue weighted by Crippen LogP contribution is -2.28. The normalized spacial score (nSPS) is 17.1. The summed E-state index contributed by atoms with van der Waals surface area (Å²) in [6, 6.07) is 12.0. The standard InChI is InChI=1S/C20H22BrN3O4S/c1-13-7-8-17(29(27,28)23(2)3)11-18(13)22-20(26)14-9-19(25)24(12-14)16-6-4-5-15(21)10-16/h4-8,10-11,14H,9,12H2,1-3H3,(H,22,26). The Kier molecular flexibility index (Phi) is 6.11. The van der Waals surface area contributed by atoms with E-state index in [1.165, 1.54) is 26.2 Å². The molecule has 0 aromatic heterocycles. The maximum absolute atomic E-state index is 12.8. The summed E-state index contributed by atoms with van der Waals surface area (Å²) >= 11 is 3.39. The molecule has 1 N–H and O–H groups in total. The molecule has 0 saturated carbocycles. The molecule has 2 aromatic carbocycles. The molecule has 1 saturated heterocycles. The first-order valence-corrected chi connectivity index (χ1v) is 11.2. The lowest BCUT2D eigenvalue weighted by molar-refractivity contribution is -0.122. The topological polar surface area (TPSA) is 86.8 Å². The summed E-state index contributed by atoms with van der Waals surface area (Å²) in [6.07, 6.45) is 0.104. The van der Waals surface area contributed by atoms with Crippen molar-refractivity contribution in [3.8, 4) is 0 Å². The van der Waals surface area contributed by atoms with Crippen molar-refractivity contribution in [3.63, 3.8) is 0 Å². The zero-order valence-electron chi connectivity index (χ0n) is 16.3. The van der Waals surface area contributed by atoms with Gasteiger partial charge in [-0.2, -0.15) is 0 Å². The average molecular weight is 480 g/mol. The van der Waals surface area contributed by atoms with Crippen LogP contribution >= 0.6 is 15.9 Å². The Morgan fingerprint density at radius 3 is 2.59 bits per heavy atom. The second-order valence-corrected chi connectivity index (χ2v) is 10.2. The summed E-state index contributed by atoms with van der Waals surface area (Å²) in [5, 5.41) is 2.80. The number of halogens is 1. The van der Waals surface area contributed by atoms with Gasteiger partial charge in [-0.3, -0.25) is 9.59 Å². The minimum Gasteiger partial charge on any atom is -0.325 e. The second-order valence-electron chi connectivity index (χ2n) is 7.14. The molecule has 1 atom stereocenters. The largest absolute Gasteiger partial charge is 0.325 e. The molecule has 154 valence electrons. The van der Waals surface area contributed by atoms with Crippen molar-refractivity contribution in [2.24, 2.45) is 5.92 Å². The van der Waals surface area contributed by atoms with Crippen LogP contribution in [0.1, 0.15) is 12.0 Å². The van der Waals surface area contributed by atoms with Crippen LogP contribution in [0.3, 0.4) is 0 Å². The summed E-state index contributed by atoms with van der Waals surface area (Å²) in [6.45, 7) is 2.06. The molecule has 9 heteroatoms. The van der Waals surface area contributed by atoms with Crippen LogP contribution in [0, 0.1) is 12.8 Å². The number of amides is 2. The number of carbonyl (C=O) groups excluding carboxylic acids is 2. The SMILES string of the molecule is Cc1ccc(S(=O)(=O)N(C)C)cc1NC(=O)C1CC(=O)N(c2cccc(Br)c2)C1. The highest BCUT2D eigenvalue weighted by molar-refractivity contribution is 9.10. The summed E-state index contributed by atoms with van der Waals surface area (Å²) in [7, 11) is -0.708. The van der Waals surface area contributed by atoms with Crippen LogP contribution in [0.2, 0.25) is 0 Å². The molecule has 1 fully saturated rings. The molecule has 0 radical (unpaired) electrons. The first-order chi connectivity index (χ1) is 13.6. The van der Waals surface area contributed by atoms with Gasteiger partial charge in [0, 0.05) is 42.9 Å². The fourth-order valence-corrected chi connectivity index (χ4v) is 4.43. The number of carbonyl (C=O) groups is 2. The monoisotopic (exact) mass is 479 g/mol. The van der Waals surface area contributed by atoms with Crippen LogP contribution in [-0.2, 0) is 19.6 Å². The van der Waals surface area contributed by atoms with Crippen LogP contribution in [0.25, 0.3) is 0 Å². The van der Waals surface area contributed by atoms with Crippen molar-refractivity contribution in [3.05, 3.63) is 52.5 Å². The third-order valence-corrected chi connectivity index (χ3v) is 7.17. The van der Waals surface area contributed by atoms with Gasteiger partial charge in [0.1, 0.15) is 0 Å².